The van der Waals surface area contributed by atoms with Gasteiger partial charge in [0, 0.05) is 12.8 Å². The number of rotatable bonds is 2. The van der Waals surface area contributed by atoms with Gasteiger partial charge in [-0.05, 0) is 38.8 Å². The third-order valence-electron chi connectivity index (χ3n) is 2.83. The van der Waals surface area contributed by atoms with Gasteiger partial charge in [-0.3, -0.25) is 9.59 Å². The van der Waals surface area contributed by atoms with E-state index in [-0.39, 0.29) is 6.42 Å². The molecule has 2 atom stereocenters. The maximum atomic E-state index is 13.2. The van der Waals surface area contributed by atoms with Crippen molar-refractivity contribution in [2.24, 2.45) is 11.8 Å². The van der Waals surface area contributed by atoms with E-state index in [0.29, 0.717) is 0 Å². The van der Waals surface area contributed by atoms with Crippen LogP contribution in [0.3, 0.4) is 0 Å². The molecule has 0 radical (unpaired) electrons. The summed E-state index contributed by atoms with van der Waals surface area (Å²) in [5.41, 5.74) is -0.711. The molecule has 0 N–H and O–H groups in total. The van der Waals surface area contributed by atoms with Crippen molar-refractivity contribution in [3.05, 3.63) is 0 Å². The Balaban J connectivity index is 2.81. The quantitative estimate of drug-likeness (QED) is 0.577. The minimum absolute atomic E-state index is 0.0783. The van der Waals surface area contributed by atoms with Crippen molar-refractivity contribution in [1.82, 2.24) is 0 Å². The Morgan fingerprint density at radius 1 is 1.28 bits per heavy atom. The first-order chi connectivity index (χ1) is 8.02. The fourth-order valence-corrected chi connectivity index (χ4v) is 2.26. The number of esters is 1. The van der Waals surface area contributed by atoms with E-state index in [1.54, 1.807) is 20.8 Å². The highest BCUT2D eigenvalue weighted by molar-refractivity contribution is 6.64. The lowest BCUT2D eigenvalue weighted by molar-refractivity contribution is -0.169. The number of hydrogen-bond acceptors (Lipinski definition) is 3. The summed E-state index contributed by atoms with van der Waals surface area (Å²) < 4.78 is 31.6. The van der Waals surface area contributed by atoms with Crippen LogP contribution in [0.25, 0.3) is 0 Å². The zero-order valence-corrected chi connectivity index (χ0v) is 11.4. The summed E-state index contributed by atoms with van der Waals surface area (Å²) in [5, 5.41) is -0.898. The van der Waals surface area contributed by atoms with Crippen molar-refractivity contribution < 1.29 is 23.1 Å². The number of halogens is 3. The van der Waals surface area contributed by atoms with Crippen LogP contribution in [0.5, 0.6) is 0 Å². The molecule has 0 aliphatic heterocycles. The molecule has 2 unspecified atom stereocenters. The molecule has 1 aliphatic carbocycles. The third-order valence-corrected chi connectivity index (χ3v) is 3.11. The molecule has 0 spiro atoms. The molecule has 0 aromatic carbocycles. The predicted octanol–water partition coefficient (Wildman–Crippen LogP) is 3.15. The predicted molar refractivity (Wildman–Crippen MR) is 62.5 cm³/mol. The Morgan fingerprint density at radius 3 is 2.28 bits per heavy atom. The van der Waals surface area contributed by atoms with Crippen molar-refractivity contribution in [2.75, 3.05) is 0 Å². The standard InChI is InChI=1S/C12H17ClF2O3/c1-11(2,3)18-10(17)7-4-5-12(14,15)6-8(7)9(13)16/h7-8H,4-6H2,1-3H3. The van der Waals surface area contributed by atoms with Crippen LogP contribution in [0.1, 0.15) is 40.0 Å². The summed E-state index contributed by atoms with van der Waals surface area (Å²) in [6.45, 7) is 5.04. The maximum absolute atomic E-state index is 13.2. The average Bonchev–Trinajstić information content (AvgIpc) is 2.12. The Hall–Kier alpha value is -0.710. The zero-order valence-electron chi connectivity index (χ0n) is 10.6. The second kappa shape index (κ2) is 5.11. The number of alkyl halides is 2. The van der Waals surface area contributed by atoms with Crippen LogP contribution >= 0.6 is 11.6 Å². The smallest absolute Gasteiger partial charge is 0.310 e. The number of hydrogen-bond donors (Lipinski definition) is 0. The SMILES string of the molecule is CC(C)(C)OC(=O)C1CCC(F)(F)CC1C(=O)Cl. The van der Waals surface area contributed by atoms with Gasteiger partial charge in [-0.1, -0.05) is 0 Å². The zero-order chi connectivity index (χ0) is 14.1. The van der Waals surface area contributed by atoms with Gasteiger partial charge in [-0.15, -0.1) is 0 Å². The monoisotopic (exact) mass is 282 g/mol. The molecule has 0 aromatic rings. The summed E-state index contributed by atoms with van der Waals surface area (Å²) >= 11 is 5.31. The molecule has 0 saturated heterocycles. The number of carbonyl (C=O) groups is 2. The fraction of sp³-hybridized carbons (Fsp3) is 0.833. The minimum atomic E-state index is -2.94. The molecule has 1 rings (SSSR count). The van der Waals surface area contributed by atoms with Crippen LogP contribution in [0, 0.1) is 11.8 Å². The van der Waals surface area contributed by atoms with Crippen LogP contribution in [0.15, 0.2) is 0 Å². The van der Waals surface area contributed by atoms with Crippen LogP contribution in [0.2, 0.25) is 0 Å². The highest BCUT2D eigenvalue weighted by Crippen LogP contribution is 2.42. The van der Waals surface area contributed by atoms with Gasteiger partial charge in [0.05, 0.1) is 11.8 Å². The highest BCUT2D eigenvalue weighted by atomic mass is 35.5. The van der Waals surface area contributed by atoms with Crippen molar-refractivity contribution in [2.45, 2.75) is 51.6 Å². The molecular formula is C12H17ClF2O3. The van der Waals surface area contributed by atoms with Gasteiger partial charge in [0.15, 0.2) is 0 Å². The molecule has 18 heavy (non-hydrogen) atoms. The molecule has 0 bridgehead atoms. The van der Waals surface area contributed by atoms with Gasteiger partial charge in [0.2, 0.25) is 11.2 Å². The Labute approximate surface area is 110 Å². The molecule has 0 aromatic heterocycles. The van der Waals surface area contributed by atoms with Gasteiger partial charge in [0.1, 0.15) is 5.60 Å². The van der Waals surface area contributed by atoms with E-state index < -0.39 is 47.4 Å². The molecule has 1 aliphatic rings. The van der Waals surface area contributed by atoms with E-state index in [4.69, 9.17) is 16.3 Å². The van der Waals surface area contributed by atoms with E-state index in [9.17, 15) is 18.4 Å². The van der Waals surface area contributed by atoms with E-state index in [2.05, 4.69) is 0 Å². The summed E-state index contributed by atoms with van der Waals surface area (Å²) in [6, 6.07) is 0. The highest BCUT2D eigenvalue weighted by Gasteiger charge is 2.47. The largest absolute Gasteiger partial charge is 0.460 e. The average molecular weight is 283 g/mol. The van der Waals surface area contributed by atoms with Crippen LogP contribution in [-0.2, 0) is 14.3 Å². The summed E-state index contributed by atoms with van der Waals surface area (Å²) in [7, 11) is 0. The van der Waals surface area contributed by atoms with Crippen molar-refractivity contribution >= 4 is 22.8 Å². The van der Waals surface area contributed by atoms with Crippen LogP contribution in [0.4, 0.5) is 8.78 Å². The lowest BCUT2D eigenvalue weighted by Crippen LogP contribution is -2.41. The van der Waals surface area contributed by atoms with E-state index in [1.807, 2.05) is 0 Å². The van der Waals surface area contributed by atoms with E-state index >= 15 is 0 Å². The molecule has 6 heteroatoms. The lowest BCUT2D eigenvalue weighted by atomic mass is 9.78. The lowest BCUT2D eigenvalue weighted by Gasteiger charge is -2.34. The Morgan fingerprint density at radius 2 is 1.83 bits per heavy atom. The molecule has 1 fully saturated rings. The van der Waals surface area contributed by atoms with Gasteiger partial charge < -0.3 is 4.74 Å². The van der Waals surface area contributed by atoms with Gasteiger partial charge in [0.25, 0.3) is 0 Å². The first-order valence-electron chi connectivity index (χ1n) is 5.82. The molecular weight excluding hydrogens is 266 g/mol. The van der Waals surface area contributed by atoms with Crippen molar-refractivity contribution in [3.8, 4) is 0 Å². The summed E-state index contributed by atoms with van der Waals surface area (Å²) in [4.78, 5) is 23.1. The first-order valence-corrected chi connectivity index (χ1v) is 6.20. The number of ether oxygens (including phenoxy) is 1. The minimum Gasteiger partial charge on any atom is -0.460 e. The summed E-state index contributed by atoms with van der Waals surface area (Å²) in [6.07, 6.45) is -1.18. The topological polar surface area (TPSA) is 43.4 Å². The van der Waals surface area contributed by atoms with Crippen molar-refractivity contribution in [3.63, 3.8) is 0 Å². The second-order valence-corrected chi connectivity index (χ2v) is 6.02. The van der Waals surface area contributed by atoms with Crippen LogP contribution in [-0.4, -0.2) is 22.7 Å². The van der Waals surface area contributed by atoms with Gasteiger partial charge >= 0.3 is 5.97 Å². The normalized spacial score (nSPS) is 27.7. The molecule has 0 heterocycles. The van der Waals surface area contributed by atoms with Gasteiger partial charge in [-0.2, -0.15) is 0 Å². The molecule has 0 amide bonds. The molecule has 1 saturated carbocycles. The summed E-state index contributed by atoms with van der Waals surface area (Å²) in [5.74, 6) is -5.59. The van der Waals surface area contributed by atoms with Crippen LogP contribution < -0.4 is 0 Å². The first kappa shape index (κ1) is 15.3. The maximum Gasteiger partial charge on any atom is 0.310 e. The third kappa shape index (κ3) is 4.19. The molecule has 3 nitrogen and oxygen atoms in total. The van der Waals surface area contributed by atoms with E-state index in [1.165, 1.54) is 0 Å². The fourth-order valence-electron chi connectivity index (χ4n) is 2.03. The van der Waals surface area contributed by atoms with E-state index in [0.717, 1.165) is 0 Å². The molecule has 104 valence electrons. The Kier molecular flexibility index (Phi) is 4.36. The van der Waals surface area contributed by atoms with Crippen molar-refractivity contribution in [1.29, 1.82) is 0 Å². The number of carbonyl (C=O) groups excluding carboxylic acids is 2. The van der Waals surface area contributed by atoms with Gasteiger partial charge in [-0.25, -0.2) is 8.78 Å². The second-order valence-electron chi connectivity index (χ2n) is 5.65. The Bertz CT molecular complexity index is 350.